The molecule has 0 spiro atoms. The Labute approximate surface area is 160 Å². The first-order chi connectivity index (χ1) is 13.7. The molecule has 2 heterocycles. The second-order valence-electron chi connectivity index (χ2n) is 6.24. The van der Waals surface area contributed by atoms with Gasteiger partial charge in [-0.3, -0.25) is 19.7 Å². The lowest BCUT2D eigenvalue weighted by atomic mass is 10.1. The molecular weight excluding hydrogens is 354 g/mol. The van der Waals surface area contributed by atoms with Gasteiger partial charge in [-0.1, -0.05) is 30.3 Å². The van der Waals surface area contributed by atoms with Gasteiger partial charge in [0.25, 0.3) is 5.91 Å². The van der Waals surface area contributed by atoms with Gasteiger partial charge in [0.15, 0.2) is 5.82 Å². The molecule has 0 saturated heterocycles. The van der Waals surface area contributed by atoms with Gasteiger partial charge in [0.05, 0.1) is 17.5 Å². The van der Waals surface area contributed by atoms with Crippen LogP contribution in [-0.4, -0.2) is 27.0 Å². The van der Waals surface area contributed by atoms with Crippen LogP contribution < -0.4 is 10.6 Å². The molecule has 0 unspecified atom stereocenters. The third-order valence-corrected chi connectivity index (χ3v) is 4.21. The van der Waals surface area contributed by atoms with Crippen LogP contribution in [0.25, 0.3) is 10.9 Å². The summed E-state index contributed by atoms with van der Waals surface area (Å²) in [5, 5.41) is 13.4. The first-order valence-electron chi connectivity index (χ1n) is 8.72. The highest BCUT2D eigenvalue weighted by molar-refractivity contribution is 6.06. The summed E-state index contributed by atoms with van der Waals surface area (Å²) in [7, 11) is 0. The van der Waals surface area contributed by atoms with Gasteiger partial charge in [-0.2, -0.15) is 5.10 Å². The van der Waals surface area contributed by atoms with Crippen molar-refractivity contribution in [2.24, 2.45) is 0 Å². The fraction of sp³-hybridized carbons (Fsp3) is 0.0476. The molecule has 28 heavy (non-hydrogen) atoms. The average molecular weight is 371 g/mol. The molecule has 2 amide bonds. The van der Waals surface area contributed by atoms with E-state index in [9.17, 15) is 9.59 Å². The largest absolute Gasteiger partial charge is 0.322 e. The Bertz CT molecular complexity index is 1120. The van der Waals surface area contributed by atoms with Gasteiger partial charge in [0, 0.05) is 23.5 Å². The van der Waals surface area contributed by atoms with E-state index >= 15 is 0 Å². The number of benzene rings is 2. The van der Waals surface area contributed by atoms with Gasteiger partial charge < -0.3 is 10.6 Å². The second kappa shape index (κ2) is 7.71. The number of H-pyrrole nitrogens is 1. The number of carbonyl (C=O) groups excluding carboxylic acids is 2. The van der Waals surface area contributed by atoms with Crippen molar-refractivity contribution in [3.8, 4) is 0 Å². The number of aromatic amines is 1. The van der Waals surface area contributed by atoms with Gasteiger partial charge >= 0.3 is 0 Å². The average Bonchev–Trinajstić information content (AvgIpc) is 3.11. The molecular formula is C21H17N5O2. The lowest BCUT2D eigenvalue weighted by Crippen LogP contribution is -2.15. The van der Waals surface area contributed by atoms with Crippen molar-refractivity contribution in [1.29, 1.82) is 0 Å². The Morgan fingerprint density at radius 3 is 2.61 bits per heavy atom. The summed E-state index contributed by atoms with van der Waals surface area (Å²) in [4.78, 5) is 28.6. The van der Waals surface area contributed by atoms with E-state index < -0.39 is 0 Å². The first kappa shape index (κ1) is 17.4. The fourth-order valence-electron chi connectivity index (χ4n) is 2.84. The number of rotatable bonds is 5. The zero-order chi connectivity index (χ0) is 19.3. The van der Waals surface area contributed by atoms with Crippen LogP contribution in [0.4, 0.5) is 11.5 Å². The van der Waals surface area contributed by atoms with Gasteiger partial charge in [0.2, 0.25) is 5.91 Å². The number of aromatic nitrogens is 3. The lowest BCUT2D eigenvalue weighted by Gasteiger charge is -2.06. The number of nitrogens with zero attached hydrogens (tertiary/aromatic N) is 2. The molecule has 3 N–H and O–H groups in total. The maximum absolute atomic E-state index is 12.3. The van der Waals surface area contributed by atoms with Crippen molar-refractivity contribution in [3.63, 3.8) is 0 Å². The summed E-state index contributed by atoms with van der Waals surface area (Å²) >= 11 is 0. The highest BCUT2D eigenvalue weighted by Crippen LogP contribution is 2.24. The smallest absolute Gasteiger partial charge is 0.257 e. The molecule has 0 saturated carbocycles. The lowest BCUT2D eigenvalue weighted by molar-refractivity contribution is -0.115. The van der Waals surface area contributed by atoms with E-state index in [1.54, 1.807) is 36.5 Å². The third kappa shape index (κ3) is 3.88. The number of anilines is 2. The Morgan fingerprint density at radius 2 is 1.82 bits per heavy atom. The monoisotopic (exact) mass is 371 g/mol. The Balaban J connectivity index is 1.51. The minimum Gasteiger partial charge on any atom is -0.322 e. The number of nitrogens with one attached hydrogen (secondary N) is 3. The number of carbonyl (C=O) groups is 2. The van der Waals surface area contributed by atoms with E-state index in [-0.39, 0.29) is 18.2 Å². The molecule has 0 fully saturated rings. The van der Waals surface area contributed by atoms with Gasteiger partial charge in [-0.25, -0.2) is 0 Å². The van der Waals surface area contributed by atoms with Crippen LogP contribution in [0.1, 0.15) is 15.9 Å². The van der Waals surface area contributed by atoms with E-state index in [0.717, 1.165) is 11.1 Å². The number of fused-ring (bicyclic) bond motifs is 1. The van der Waals surface area contributed by atoms with Crippen molar-refractivity contribution >= 4 is 34.2 Å². The summed E-state index contributed by atoms with van der Waals surface area (Å²) in [5.41, 5.74) is 2.74. The molecule has 0 aliphatic rings. The molecule has 7 nitrogen and oxygen atoms in total. The Morgan fingerprint density at radius 1 is 0.964 bits per heavy atom. The highest BCUT2D eigenvalue weighted by atomic mass is 16.2. The third-order valence-electron chi connectivity index (χ3n) is 4.21. The molecule has 2 aromatic carbocycles. The zero-order valence-corrected chi connectivity index (χ0v) is 14.8. The van der Waals surface area contributed by atoms with E-state index in [1.807, 2.05) is 30.3 Å². The van der Waals surface area contributed by atoms with Crippen LogP contribution in [0.15, 0.2) is 73.1 Å². The standard InChI is InChI=1S/C21H17N5O2/c27-19(11-14-5-2-1-3-6-14)24-20-17-12-16(8-9-18(17)25-26-20)23-21(28)15-7-4-10-22-13-15/h1-10,12-13H,11H2,(H,23,28)(H2,24,25,26,27). The SMILES string of the molecule is O=C(Cc1ccccc1)Nc1n[nH]c2ccc(NC(=O)c3cccnc3)cc12. The molecule has 7 heteroatoms. The minimum absolute atomic E-state index is 0.163. The maximum Gasteiger partial charge on any atom is 0.257 e. The molecule has 0 aliphatic heterocycles. The maximum atomic E-state index is 12.3. The van der Waals surface area contributed by atoms with Gasteiger partial charge in [0.1, 0.15) is 0 Å². The summed E-state index contributed by atoms with van der Waals surface area (Å²) in [5.74, 6) is 0.00316. The molecule has 2 aromatic heterocycles. The van der Waals surface area contributed by atoms with Crippen LogP contribution in [0.5, 0.6) is 0 Å². The predicted molar refractivity (Wildman–Crippen MR) is 107 cm³/mol. The number of amides is 2. The van der Waals surface area contributed by atoms with Crippen molar-refractivity contribution in [3.05, 3.63) is 84.2 Å². The van der Waals surface area contributed by atoms with Crippen molar-refractivity contribution in [2.75, 3.05) is 10.6 Å². The molecule has 138 valence electrons. The quantitative estimate of drug-likeness (QED) is 0.501. The van der Waals surface area contributed by atoms with E-state index in [1.165, 1.54) is 6.20 Å². The highest BCUT2D eigenvalue weighted by Gasteiger charge is 2.12. The number of hydrogen-bond donors (Lipinski definition) is 3. The van der Waals surface area contributed by atoms with Crippen LogP contribution in [0.2, 0.25) is 0 Å². The van der Waals surface area contributed by atoms with E-state index in [4.69, 9.17) is 0 Å². The van der Waals surface area contributed by atoms with Crippen LogP contribution in [0.3, 0.4) is 0 Å². The molecule has 4 rings (SSSR count). The van der Waals surface area contributed by atoms with Crippen molar-refractivity contribution < 1.29 is 9.59 Å². The summed E-state index contributed by atoms with van der Waals surface area (Å²) in [6, 6.07) is 18.2. The second-order valence-corrected chi connectivity index (χ2v) is 6.24. The fourth-order valence-corrected chi connectivity index (χ4v) is 2.84. The topological polar surface area (TPSA) is 99.8 Å². The summed E-state index contributed by atoms with van der Waals surface area (Å²) in [6.45, 7) is 0. The number of pyridine rings is 1. The van der Waals surface area contributed by atoms with Gasteiger partial charge in [-0.05, 0) is 35.9 Å². The molecule has 4 aromatic rings. The predicted octanol–water partition coefficient (Wildman–Crippen LogP) is 3.39. The summed E-state index contributed by atoms with van der Waals surface area (Å²) in [6.07, 6.45) is 3.37. The molecule has 0 bridgehead atoms. The summed E-state index contributed by atoms with van der Waals surface area (Å²) < 4.78 is 0. The zero-order valence-electron chi connectivity index (χ0n) is 14.8. The number of hydrogen-bond acceptors (Lipinski definition) is 4. The molecule has 0 aliphatic carbocycles. The normalized spacial score (nSPS) is 10.6. The van der Waals surface area contributed by atoms with E-state index in [2.05, 4.69) is 25.8 Å². The van der Waals surface area contributed by atoms with Crippen molar-refractivity contribution in [2.45, 2.75) is 6.42 Å². The van der Waals surface area contributed by atoms with E-state index in [0.29, 0.717) is 22.5 Å². The molecule has 0 radical (unpaired) electrons. The van der Waals surface area contributed by atoms with Crippen LogP contribution in [-0.2, 0) is 11.2 Å². The van der Waals surface area contributed by atoms with Gasteiger partial charge in [-0.15, -0.1) is 0 Å². The molecule has 0 atom stereocenters. The van der Waals surface area contributed by atoms with Crippen LogP contribution in [0, 0.1) is 0 Å². The minimum atomic E-state index is -0.259. The first-order valence-corrected chi connectivity index (χ1v) is 8.72. The Kier molecular flexibility index (Phi) is 4.79. The van der Waals surface area contributed by atoms with Crippen LogP contribution >= 0.6 is 0 Å². The Hall–Kier alpha value is -4.00. The van der Waals surface area contributed by atoms with Crippen molar-refractivity contribution in [1.82, 2.24) is 15.2 Å².